The zero-order valence-electron chi connectivity index (χ0n) is 17.2. The van der Waals surface area contributed by atoms with Gasteiger partial charge in [-0.1, -0.05) is 35.9 Å². The van der Waals surface area contributed by atoms with E-state index in [-0.39, 0.29) is 25.7 Å². The van der Waals surface area contributed by atoms with E-state index in [1.807, 2.05) is 24.3 Å². The fourth-order valence-electron chi connectivity index (χ4n) is 2.95. The molecule has 32 heavy (non-hydrogen) atoms. The molecule has 0 aliphatic carbocycles. The van der Waals surface area contributed by atoms with Crippen molar-refractivity contribution in [2.24, 2.45) is 0 Å². The summed E-state index contributed by atoms with van der Waals surface area (Å²) in [5, 5.41) is 16.0. The number of halogens is 1. The third kappa shape index (κ3) is 4.89. The Kier molecular flexibility index (Phi) is 6.66. The van der Waals surface area contributed by atoms with E-state index in [2.05, 4.69) is 20.6 Å². The molecule has 4 rings (SSSR count). The maximum atomic E-state index is 12.0. The molecule has 1 amide bonds. The number of carbonyl (C=O) groups is 1. The minimum Gasteiger partial charge on any atom is -0.496 e. The normalized spacial score (nSPS) is 10.7. The van der Waals surface area contributed by atoms with Gasteiger partial charge in [0.15, 0.2) is 18.1 Å². The average Bonchev–Trinajstić information content (AvgIpc) is 3.24. The number of hydrogen-bond acceptors (Lipinski definition) is 7. The van der Waals surface area contributed by atoms with Gasteiger partial charge in [0, 0.05) is 6.07 Å². The molecule has 2 heterocycles. The summed E-state index contributed by atoms with van der Waals surface area (Å²) in [5.41, 5.74) is 1.33. The molecule has 0 fully saturated rings. The van der Waals surface area contributed by atoms with Crippen LogP contribution in [-0.2, 0) is 4.79 Å². The van der Waals surface area contributed by atoms with Gasteiger partial charge in [-0.25, -0.2) is 0 Å². The summed E-state index contributed by atoms with van der Waals surface area (Å²) >= 11 is 6.00. The zero-order chi connectivity index (χ0) is 22.3. The fraction of sp³-hybridized carbons (Fsp3) is 0.182. The van der Waals surface area contributed by atoms with E-state index in [0.29, 0.717) is 33.9 Å². The lowest BCUT2D eigenvalue weighted by Crippen LogP contribution is -2.32. The molecule has 4 aromatic rings. The second-order valence-electron chi connectivity index (χ2n) is 6.58. The van der Waals surface area contributed by atoms with Crippen molar-refractivity contribution in [2.75, 3.05) is 26.9 Å². The first-order valence-electron chi connectivity index (χ1n) is 9.78. The lowest BCUT2D eigenvalue weighted by molar-refractivity contribution is -0.123. The molecule has 0 saturated heterocycles. The first-order chi connectivity index (χ1) is 15.7. The zero-order valence-corrected chi connectivity index (χ0v) is 18.0. The van der Waals surface area contributed by atoms with Gasteiger partial charge in [-0.05, 0) is 30.3 Å². The van der Waals surface area contributed by atoms with Crippen LogP contribution >= 0.6 is 11.6 Å². The van der Waals surface area contributed by atoms with Crippen molar-refractivity contribution >= 4 is 23.2 Å². The van der Waals surface area contributed by atoms with Crippen molar-refractivity contribution in [3.63, 3.8) is 0 Å². The highest BCUT2D eigenvalue weighted by Gasteiger charge is 2.14. The van der Waals surface area contributed by atoms with Gasteiger partial charge in [0.05, 0.1) is 24.2 Å². The maximum absolute atomic E-state index is 12.0. The lowest BCUT2D eigenvalue weighted by atomic mass is 10.2. The topological polar surface area (TPSA) is 99.9 Å². The van der Waals surface area contributed by atoms with E-state index in [4.69, 9.17) is 25.8 Å². The molecule has 0 spiro atoms. The van der Waals surface area contributed by atoms with Crippen molar-refractivity contribution in [2.45, 2.75) is 0 Å². The Morgan fingerprint density at radius 2 is 1.78 bits per heavy atom. The minimum atomic E-state index is -0.283. The smallest absolute Gasteiger partial charge is 0.258 e. The van der Waals surface area contributed by atoms with Crippen LogP contribution in [0.15, 0.2) is 60.7 Å². The van der Waals surface area contributed by atoms with Crippen molar-refractivity contribution in [3.05, 3.63) is 65.7 Å². The number of hydrogen-bond donors (Lipinski definition) is 1. The van der Waals surface area contributed by atoms with Crippen LogP contribution in [0.4, 0.5) is 0 Å². The Morgan fingerprint density at radius 3 is 2.59 bits per heavy atom. The van der Waals surface area contributed by atoms with Crippen molar-refractivity contribution < 1.29 is 19.0 Å². The predicted molar refractivity (Wildman–Crippen MR) is 118 cm³/mol. The molecule has 2 aromatic heterocycles. The minimum absolute atomic E-state index is 0.142. The number of aromatic nitrogens is 4. The van der Waals surface area contributed by atoms with Crippen molar-refractivity contribution in [3.8, 4) is 28.8 Å². The molecule has 0 atom stereocenters. The second kappa shape index (κ2) is 9.97. The van der Waals surface area contributed by atoms with Gasteiger partial charge in [-0.2, -0.15) is 4.52 Å². The van der Waals surface area contributed by atoms with Crippen molar-refractivity contribution in [1.82, 2.24) is 25.1 Å². The van der Waals surface area contributed by atoms with Crippen LogP contribution in [0.5, 0.6) is 17.4 Å². The van der Waals surface area contributed by atoms with Gasteiger partial charge in [-0.3, -0.25) is 4.79 Å². The van der Waals surface area contributed by atoms with E-state index in [9.17, 15) is 4.79 Å². The third-order valence-electron chi connectivity index (χ3n) is 4.46. The van der Waals surface area contributed by atoms with E-state index < -0.39 is 0 Å². The van der Waals surface area contributed by atoms with E-state index in [1.54, 1.807) is 48.0 Å². The van der Waals surface area contributed by atoms with E-state index in [1.165, 1.54) is 0 Å². The van der Waals surface area contributed by atoms with Crippen LogP contribution in [0.2, 0.25) is 5.02 Å². The third-order valence-corrected chi connectivity index (χ3v) is 4.77. The highest BCUT2D eigenvalue weighted by Crippen LogP contribution is 2.28. The molecule has 0 radical (unpaired) electrons. The molecule has 9 nitrogen and oxygen atoms in total. The highest BCUT2D eigenvalue weighted by atomic mass is 35.5. The molecule has 1 N–H and O–H groups in total. The number of nitrogens with zero attached hydrogens (tertiary/aromatic N) is 4. The first kappa shape index (κ1) is 21.4. The van der Waals surface area contributed by atoms with Gasteiger partial charge in [0.2, 0.25) is 5.88 Å². The number of benzene rings is 2. The molecule has 0 saturated carbocycles. The van der Waals surface area contributed by atoms with E-state index in [0.717, 1.165) is 5.56 Å². The van der Waals surface area contributed by atoms with Gasteiger partial charge in [0.1, 0.15) is 18.1 Å². The molecule has 0 aliphatic heterocycles. The summed E-state index contributed by atoms with van der Waals surface area (Å²) in [4.78, 5) is 12.0. The van der Waals surface area contributed by atoms with Crippen LogP contribution in [0.25, 0.3) is 17.0 Å². The Morgan fingerprint density at radius 1 is 1.00 bits per heavy atom. The molecule has 0 unspecified atom stereocenters. The number of rotatable bonds is 9. The maximum Gasteiger partial charge on any atom is 0.258 e. The van der Waals surface area contributed by atoms with Crippen LogP contribution in [0.3, 0.4) is 0 Å². The Labute approximate surface area is 188 Å². The van der Waals surface area contributed by atoms with Gasteiger partial charge < -0.3 is 19.5 Å². The standard InChI is InChI=1S/C22H20ClN5O4/c1-30-17-8-4-2-6-15(17)22-26-25-19-10-11-21(27-28(19)22)31-13-12-24-20(29)14-32-18-9-5-3-7-16(18)23/h2-11H,12-14H2,1H3,(H,24,29). The Balaban J connectivity index is 1.33. The number of carbonyl (C=O) groups excluding carboxylic acids is 1. The van der Waals surface area contributed by atoms with Crippen molar-refractivity contribution in [1.29, 1.82) is 0 Å². The Hall–Kier alpha value is -3.85. The van der Waals surface area contributed by atoms with Crippen LogP contribution in [-0.4, -0.2) is 52.6 Å². The quantitative estimate of drug-likeness (QED) is 0.389. The second-order valence-corrected chi connectivity index (χ2v) is 6.99. The van der Waals surface area contributed by atoms with Gasteiger partial charge >= 0.3 is 0 Å². The summed E-state index contributed by atoms with van der Waals surface area (Å²) in [7, 11) is 1.60. The SMILES string of the molecule is COc1ccccc1-c1nnc2ccc(OCCNC(=O)COc3ccccc3Cl)nn12. The van der Waals surface area contributed by atoms with Crippen LogP contribution in [0, 0.1) is 0 Å². The molecule has 0 aliphatic rings. The van der Waals surface area contributed by atoms with Gasteiger partial charge in [0.25, 0.3) is 5.91 Å². The summed E-state index contributed by atoms with van der Waals surface area (Å²) in [6, 6.07) is 17.9. The molecule has 10 heteroatoms. The highest BCUT2D eigenvalue weighted by molar-refractivity contribution is 6.32. The molecule has 0 bridgehead atoms. The number of para-hydroxylation sites is 2. The number of ether oxygens (including phenoxy) is 3. The first-order valence-corrected chi connectivity index (χ1v) is 10.2. The molecule has 2 aromatic carbocycles. The van der Waals surface area contributed by atoms with Crippen LogP contribution < -0.4 is 19.5 Å². The van der Waals surface area contributed by atoms with E-state index >= 15 is 0 Å². The Bertz CT molecular complexity index is 1230. The molecule has 164 valence electrons. The fourth-order valence-corrected chi connectivity index (χ4v) is 3.14. The number of fused-ring (bicyclic) bond motifs is 1. The van der Waals surface area contributed by atoms with Gasteiger partial charge in [-0.15, -0.1) is 15.3 Å². The summed E-state index contributed by atoms with van der Waals surface area (Å²) in [5.74, 6) is 1.74. The predicted octanol–water partition coefficient (Wildman–Crippen LogP) is 3.03. The summed E-state index contributed by atoms with van der Waals surface area (Å²) in [6.07, 6.45) is 0. The average molecular weight is 454 g/mol. The summed E-state index contributed by atoms with van der Waals surface area (Å²) in [6.45, 7) is 0.366. The lowest BCUT2D eigenvalue weighted by Gasteiger charge is -2.10. The number of nitrogens with one attached hydrogen (secondary N) is 1. The number of amides is 1. The molecular weight excluding hydrogens is 434 g/mol. The summed E-state index contributed by atoms with van der Waals surface area (Å²) < 4.78 is 18.1. The van der Waals surface area contributed by atoms with Crippen LogP contribution in [0.1, 0.15) is 0 Å². The molecular formula is C22H20ClN5O4. The number of methoxy groups -OCH3 is 1. The largest absolute Gasteiger partial charge is 0.496 e. The monoisotopic (exact) mass is 453 g/mol.